The Morgan fingerprint density at radius 2 is 1.81 bits per heavy atom. The lowest BCUT2D eigenvalue weighted by Crippen LogP contribution is -2.28. The minimum absolute atomic E-state index is 0.00770. The van der Waals surface area contributed by atoms with Gasteiger partial charge in [0.05, 0.1) is 35.0 Å². The van der Waals surface area contributed by atoms with Crippen LogP contribution in [0.25, 0.3) is 0 Å². The van der Waals surface area contributed by atoms with Crippen molar-refractivity contribution in [3.8, 4) is 5.75 Å². The van der Waals surface area contributed by atoms with E-state index < -0.39 is 5.97 Å². The second-order valence-electron chi connectivity index (χ2n) is 6.70. The Labute approximate surface area is 184 Å². The van der Waals surface area contributed by atoms with Crippen molar-refractivity contribution >= 4 is 23.5 Å². The molecule has 0 aliphatic heterocycles. The van der Waals surface area contributed by atoms with E-state index in [-0.39, 0.29) is 29.9 Å². The Kier molecular flexibility index (Phi) is 7.20. The van der Waals surface area contributed by atoms with E-state index in [1.807, 2.05) is 6.92 Å². The van der Waals surface area contributed by atoms with E-state index in [0.717, 1.165) is 5.56 Å². The summed E-state index contributed by atoms with van der Waals surface area (Å²) in [7, 11) is 1.31. The molecular formula is C23H20ClFN2O4. The Balaban J connectivity index is 1.72. The highest BCUT2D eigenvalue weighted by atomic mass is 35.5. The predicted molar refractivity (Wildman–Crippen MR) is 114 cm³/mol. The SMILES string of the molecule is COC(=O)c1ccc([C@H](C)NC(=O)c2cc(Cl)cnc2COc2ccc(F)cc2)cc1. The molecule has 0 aliphatic rings. The van der Waals surface area contributed by atoms with E-state index in [1.165, 1.54) is 43.6 Å². The molecule has 160 valence electrons. The molecule has 0 saturated heterocycles. The molecule has 1 N–H and O–H groups in total. The van der Waals surface area contributed by atoms with E-state index in [0.29, 0.717) is 22.0 Å². The smallest absolute Gasteiger partial charge is 0.337 e. The Hall–Kier alpha value is -3.45. The summed E-state index contributed by atoms with van der Waals surface area (Å²) in [5.41, 5.74) is 1.89. The van der Waals surface area contributed by atoms with Gasteiger partial charge in [0.15, 0.2) is 0 Å². The zero-order valence-electron chi connectivity index (χ0n) is 16.9. The zero-order valence-corrected chi connectivity index (χ0v) is 17.7. The van der Waals surface area contributed by atoms with Crippen LogP contribution in [-0.4, -0.2) is 24.0 Å². The first-order valence-electron chi connectivity index (χ1n) is 9.39. The van der Waals surface area contributed by atoms with Gasteiger partial charge in [-0.2, -0.15) is 0 Å². The number of esters is 1. The van der Waals surface area contributed by atoms with Crippen LogP contribution in [0.1, 0.15) is 44.9 Å². The topological polar surface area (TPSA) is 77.5 Å². The average Bonchev–Trinajstić information content (AvgIpc) is 2.78. The summed E-state index contributed by atoms with van der Waals surface area (Å²) in [4.78, 5) is 28.7. The second kappa shape index (κ2) is 10.0. The molecule has 3 rings (SSSR count). The van der Waals surface area contributed by atoms with Gasteiger partial charge in [0.25, 0.3) is 5.91 Å². The molecule has 2 aromatic carbocycles. The molecule has 3 aromatic rings. The molecule has 0 fully saturated rings. The average molecular weight is 443 g/mol. The number of amides is 1. The number of nitrogens with zero attached hydrogens (tertiary/aromatic N) is 1. The maximum atomic E-state index is 13.0. The van der Waals surface area contributed by atoms with E-state index in [4.69, 9.17) is 16.3 Å². The van der Waals surface area contributed by atoms with Crippen LogP contribution in [0.3, 0.4) is 0 Å². The molecule has 0 unspecified atom stereocenters. The number of carbonyl (C=O) groups excluding carboxylic acids is 2. The number of pyridine rings is 1. The number of ether oxygens (including phenoxy) is 2. The normalized spacial score (nSPS) is 11.5. The zero-order chi connectivity index (χ0) is 22.4. The first-order valence-corrected chi connectivity index (χ1v) is 9.77. The summed E-state index contributed by atoms with van der Waals surface area (Å²) >= 11 is 6.04. The quantitative estimate of drug-likeness (QED) is 0.535. The maximum absolute atomic E-state index is 13.0. The third-order valence-electron chi connectivity index (χ3n) is 4.55. The predicted octanol–water partition coefficient (Wildman–Crippen LogP) is 4.73. The lowest BCUT2D eigenvalue weighted by atomic mass is 10.1. The van der Waals surface area contributed by atoms with Gasteiger partial charge >= 0.3 is 5.97 Å². The Morgan fingerprint density at radius 1 is 1.13 bits per heavy atom. The summed E-state index contributed by atoms with van der Waals surface area (Å²) in [6.07, 6.45) is 1.43. The Morgan fingerprint density at radius 3 is 2.45 bits per heavy atom. The molecule has 1 atom stereocenters. The Bertz CT molecular complexity index is 1070. The van der Waals surface area contributed by atoms with Crippen molar-refractivity contribution < 1.29 is 23.5 Å². The molecular weight excluding hydrogens is 423 g/mol. The number of benzene rings is 2. The minimum atomic E-state index is -0.431. The summed E-state index contributed by atoms with van der Waals surface area (Å²) in [6, 6.07) is 13.5. The number of hydrogen-bond acceptors (Lipinski definition) is 5. The number of halogens is 2. The van der Waals surface area contributed by atoms with Gasteiger partial charge in [0, 0.05) is 6.20 Å². The van der Waals surface area contributed by atoms with Crippen LogP contribution in [0.5, 0.6) is 5.75 Å². The van der Waals surface area contributed by atoms with E-state index in [2.05, 4.69) is 15.0 Å². The fourth-order valence-electron chi connectivity index (χ4n) is 2.85. The maximum Gasteiger partial charge on any atom is 0.337 e. The van der Waals surface area contributed by atoms with Crippen LogP contribution in [0.4, 0.5) is 4.39 Å². The molecule has 0 bridgehead atoms. The van der Waals surface area contributed by atoms with Crippen LogP contribution in [0.15, 0.2) is 60.8 Å². The van der Waals surface area contributed by atoms with Gasteiger partial charge in [0.2, 0.25) is 0 Å². The molecule has 0 saturated carbocycles. The number of carbonyl (C=O) groups is 2. The van der Waals surface area contributed by atoms with Gasteiger partial charge in [-0.05, 0) is 55.0 Å². The number of nitrogens with one attached hydrogen (secondary N) is 1. The fraction of sp³-hybridized carbons (Fsp3) is 0.174. The van der Waals surface area contributed by atoms with Crippen LogP contribution in [0.2, 0.25) is 5.02 Å². The lowest BCUT2D eigenvalue weighted by molar-refractivity contribution is 0.0600. The molecule has 1 aromatic heterocycles. The number of methoxy groups -OCH3 is 1. The molecule has 1 amide bonds. The molecule has 6 nitrogen and oxygen atoms in total. The van der Waals surface area contributed by atoms with Crippen LogP contribution in [0, 0.1) is 5.82 Å². The van der Waals surface area contributed by atoms with Gasteiger partial charge < -0.3 is 14.8 Å². The summed E-state index contributed by atoms with van der Waals surface area (Å²) in [6.45, 7) is 1.82. The molecule has 8 heteroatoms. The van der Waals surface area contributed by atoms with E-state index in [9.17, 15) is 14.0 Å². The molecule has 0 aliphatic carbocycles. The van der Waals surface area contributed by atoms with Gasteiger partial charge in [-0.15, -0.1) is 0 Å². The number of hydrogen-bond donors (Lipinski definition) is 1. The van der Waals surface area contributed by atoms with Gasteiger partial charge in [0.1, 0.15) is 18.2 Å². The monoisotopic (exact) mass is 442 g/mol. The largest absolute Gasteiger partial charge is 0.487 e. The van der Waals surface area contributed by atoms with Gasteiger partial charge in [-0.25, -0.2) is 9.18 Å². The van der Waals surface area contributed by atoms with Crippen molar-refractivity contribution in [3.05, 3.63) is 94.0 Å². The van der Waals surface area contributed by atoms with Crippen LogP contribution < -0.4 is 10.1 Å². The van der Waals surface area contributed by atoms with Gasteiger partial charge in [-0.3, -0.25) is 9.78 Å². The van der Waals surface area contributed by atoms with Crippen LogP contribution >= 0.6 is 11.6 Å². The molecule has 0 radical (unpaired) electrons. The molecule has 31 heavy (non-hydrogen) atoms. The minimum Gasteiger partial charge on any atom is -0.487 e. The number of rotatable bonds is 7. The highest BCUT2D eigenvalue weighted by molar-refractivity contribution is 6.30. The van der Waals surface area contributed by atoms with Crippen molar-refractivity contribution in [2.45, 2.75) is 19.6 Å². The third kappa shape index (κ3) is 5.79. The van der Waals surface area contributed by atoms with Crippen molar-refractivity contribution in [1.82, 2.24) is 10.3 Å². The fourth-order valence-corrected chi connectivity index (χ4v) is 3.00. The summed E-state index contributed by atoms with van der Waals surface area (Å²) in [5, 5.41) is 3.20. The highest BCUT2D eigenvalue weighted by Crippen LogP contribution is 2.19. The van der Waals surface area contributed by atoms with E-state index >= 15 is 0 Å². The van der Waals surface area contributed by atoms with E-state index in [1.54, 1.807) is 24.3 Å². The lowest BCUT2D eigenvalue weighted by Gasteiger charge is -2.16. The highest BCUT2D eigenvalue weighted by Gasteiger charge is 2.18. The first kappa shape index (κ1) is 22.2. The van der Waals surface area contributed by atoms with Gasteiger partial charge in [-0.1, -0.05) is 23.7 Å². The van der Waals surface area contributed by atoms with Crippen molar-refractivity contribution in [2.24, 2.45) is 0 Å². The summed E-state index contributed by atoms with van der Waals surface area (Å²) < 4.78 is 23.4. The number of aromatic nitrogens is 1. The van der Waals surface area contributed by atoms with Crippen molar-refractivity contribution in [2.75, 3.05) is 7.11 Å². The van der Waals surface area contributed by atoms with Crippen molar-refractivity contribution in [1.29, 1.82) is 0 Å². The first-order chi connectivity index (χ1) is 14.9. The van der Waals surface area contributed by atoms with Crippen molar-refractivity contribution in [3.63, 3.8) is 0 Å². The summed E-state index contributed by atoms with van der Waals surface area (Å²) in [5.74, 6) is -0.731. The third-order valence-corrected chi connectivity index (χ3v) is 4.76. The standard InChI is InChI=1S/C23H20ClFN2O4/c1-14(15-3-5-16(6-4-15)23(29)30-2)27-22(28)20-11-17(24)12-26-21(20)13-31-19-9-7-18(25)8-10-19/h3-12,14H,13H2,1-2H3,(H,27,28)/t14-/m0/s1. The van der Waals surface area contributed by atoms with Crippen LogP contribution in [-0.2, 0) is 11.3 Å². The second-order valence-corrected chi connectivity index (χ2v) is 7.14. The molecule has 1 heterocycles. The molecule has 0 spiro atoms.